The second-order valence-corrected chi connectivity index (χ2v) is 5.79. The number of amides is 4. The molecule has 2 fully saturated rings. The van der Waals surface area contributed by atoms with E-state index in [1.807, 2.05) is 0 Å². The summed E-state index contributed by atoms with van der Waals surface area (Å²) < 4.78 is 0. The summed E-state index contributed by atoms with van der Waals surface area (Å²) in [6, 6.07) is -0.559. The Bertz CT molecular complexity index is 423. The Hall–Kier alpha value is -1.63. The molecule has 0 aromatic carbocycles. The first-order valence-corrected chi connectivity index (χ1v) is 6.36. The Morgan fingerprint density at radius 2 is 2.05 bits per heavy atom. The normalized spacial score (nSPS) is 23.8. The number of hydrogen-bond acceptors (Lipinski definition) is 4. The highest BCUT2D eigenvalue weighted by molar-refractivity contribution is 6.08. The second kappa shape index (κ2) is 4.48. The Balaban J connectivity index is 1.96. The van der Waals surface area contributed by atoms with Gasteiger partial charge in [0.05, 0.1) is 12.1 Å². The van der Waals surface area contributed by atoms with Crippen molar-refractivity contribution in [1.82, 2.24) is 15.5 Å². The van der Waals surface area contributed by atoms with Crippen LogP contribution in [0.2, 0.25) is 0 Å². The molecule has 1 aliphatic carbocycles. The number of nitrogens with zero attached hydrogens (tertiary/aromatic N) is 1. The zero-order valence-electron chi connectivity index (χ0n) is 11.2. The highest BCUT2D eigenvalue weighted by atomic mass is 16.3. The molecule has 4 amide bonds. The molecule has 1 aliphatic heterocycles. The number of nitrogens with one attached hydrogen (secondary N) is 2. The van der Waals surface area contributed by atoms with Crippen LogP contribution in [-0.4, -0.2) is 52.1 Å². The van der Waals surface area contributed by atoms with E-state index in [-0.39, 0.29) is 13.2 Å². The van der Waals surface area contributed by atoms with Gasteiger partial charge in [-0.1, -0.05) is 0 Å². The number of rotatable bonds is 4. The lowest BCUT2D eigenvalue weighted by Gasteiger charge is -2.41. The van der Waals surface area contributed by atoms with Crippen molar-refractivity contribution in [1.29, 1.82) is 0 Å². The molecule has 1 saturated carbocycles. The van der Waals surface area contributed by atoms with E-state index in [0.717, 1.165) is 24.2 Å². The van der Waals surface area contributed by atoms with E-state index >= 15 is 0 Å². The lowest BCUT2D eigenvalue weighted by Crippen LogP contribution is -2.58. The van der Waals surface area contributed by atoms with Crippen molar-refractivity contribution >= 4 is 17.8 Å². The van der Waals surface area contributed by atoms with Crippen LogP contribution in [0.15, 0.2) is 0 Å². The summed E-state index contributed by atoms with van der Waals surface area (Å²) in [4.78, 5) is 36.3. The van der Waals surface area contributed by atoms with Crippen LogP contribution in [0.5, 0.6) is 0 Å². The van der Waals surface area contributed by atoms with E-state index in [4.69, 9.17) is 0 Å². The van der Waals surface area contributed by atoms with Crippen LogP contribution in [0.25, 0.3) is 0 Å². The van der Waals surface area contributed by atoms with Gasteiger partial charge in [-0.3, -0.25) is 14.5 Å². The lowest BCUT2D eigenvalue weighted by atomic mass is 9.77. The van der Waals surface area contributed by atoms with Crippen molar-refractivity contribution in [3.05, 3.63) is 0 Å². The van der Waals surface area contributed by atoms with Crippen molar-refractivity contribution in [2.75, 3.05) is 13.2 Å². The van der Waals surface area contributed by atoms with E-state index in [0.29, 0.717) is 0 Å². The van der Waals surface area contributed by atoms with Gasteiger partial charge < -0.3 is 15.7 Å². The molecule has 2 rings (SSSR count). The smallest absolute Gasteiger partial charge is 0.325 e. The van der Waals surface area contributed by atoms with Crippen molar-refractivity contribution in [3.63, 3.8) is 0 Å². The van der Waals surface area contributed by atoms with Gasteiger partial charge >= 0.3 is 6.03 Å². The van der Waals surface area contributed by atoms with Crippen LogP contribution in [-0.2, 0) is 9.59 Å². The number of aliphatic hydroxyl groups is 1. The molecule has 0 unspecified atom stereocenters. The topological polar surface area (TPSA) is 98.7 Å². The molecule has 1 heterocycles. The first-order valence-electron chi connectivity index (χ1n) is 6.36. The van der Waals surface area contributed by atoms with Crippen LogP contribution in [0.3, 0.4) is 0 Å². The number of hydrogen-bond donors (Lipinski definition) is 3. The number of aliphatic hydroxyl groups excluding tert-OH is 1. The molecular weight excluding hydrogens is 250 g/mol. The van der Waals surface area contributed by atoms with Crippen molar-refractivity contribution in [2.24, 2.45) is 0 Å². The summed E-state index contributed by atoms with van der Waals surface area (Å²) in [6.07, 6.45) is 2.40. The van der Waals surface area contributed by atoms with E-state index in [9.17, 15) is 19.5 Å². The predicted molar refractivity (Wildman–Crippen MR) is 66.1 cm³/mol. The molecule has 0 aromatic rings. The molecule has 7 heteroatoms. The Kier molecular flexibility index (Phi) is 3.25. The highest BCUT2D eigenvalue weighted by Crippen LogP contribution is 2.31. The molecule has 0 bridgehead atoms. The summed E-state index contributed by atoms with van der Waals surface area (Å²) in [5.41, 5.74) is -1.53. The molecule has 0 atom stereocenters. The van der Waals surface area contributed by atoms with Gasteiger partial charge in [0, 0.05) is 0 Å². The van der Waals surface area contributed by atoms with Crippen LogP contribution >= 0.6 is 0 Å². The monoisotopic (exact) mass is 269 g/mol. The third-order valence-electron chi connectivity index (χ3n) is 3.76. The van der Waals surface area contributed by atoms with Crippen LogP contribution < -0.4 is 10.6 Å². The highest BCUT2D eigenvalue weighted by Gasteiger charge is 2.46. The van der Waals surface area contributed by atoms with E-state index < -0.39 is 28.9 Å². The first-order chi connectivity index (χ1) is 8.80. The van der Waals surface area contributed by atoms with Gasteiger partial charge in [0.25, 0.3) is 5.91 Å². The minimum Gasteiger partial charge on any atom is -0.394 e. The Morgan fingerprint density at radius 3 is 2.42 bits per heavy atom. The number of carbonyl (C=O) groups is 3. The maximum Gasteiger partial charge on any atom is 0.325 e. The molecule has 3 N–H and O–H groups in total. The van der Waals surface area contributed by atoms with Crippen LogP contribution in [0, 0.1) is 0 Å². The number of urea groups is 1. The van der Waals surface area contributed by atoms with Crippen molar-refractivity contribution in [2.45, 2.75) is 44.2 Å². The van der Waals surface area contributed by atoms with Gasteiger partial charge in [0.2, 0.25) is 5.91 Å². The minimum atomic E-state index is -0.970. The Labute approximate surface area is 111 Å². The second-order valence-electron chi connectivity index (χ2n) is 5.79. The molecule has 19 heavy (non-hydrogen) atoms. The summed E-state index contributed by atoms with van der Waals surface area (Å²) in [7, 11) is 0. The van der Waals surface area contributed by atoms with Gasteiger partial charge in [0.15, 0.2) is 0 Å². The van der Waals surface area contributed by atoms with E-state index in [1.165, 1.54) is 0 Å². The summed E-state index contributed by atoms with van der Waals surface area (Å²) in [6.45, 7) is 2.75. The fourth-order valence-corrected chi connectivity index (χ4v) is 2.37. The third-order valence-corrected chi connectivity index (χ3v) is 3.76. The fraction of sp³-hybridized carbons (Fsp3) is 0.750. The standard InChI is InChI=1S/C12H19N3O4/c1-11(2)9(18)15(10(19)14-11)6-8(17)13-12(7-16)4-3-5-12/h16H,3-7H2,1-2H3,(H,13,17)(H,14,19). The third kappa shape index (κ3) is 2.42. The maximum atomic E-state index is 11.9. The predicted octanol–water partition coefficient (Wildman–Crippen LogP) is -0.652. The van der Waals surface area contributed by atoms with Crippen molar-refractivity contribution < 1.29 is 19.5 Å². The number of imide groups is 1. The average molecular weight is 269 g/mol. The lowest BCUT2D eigenvalue weighted by molar-refractivity contribution is -0.135. The molecule has 0 radical (unpaired) electrons. The molecule has 2 aliphatic rings. The van der Waals surface area contributed by atoms with Gasteiger partial charge in [-0.05, 0) is 33.1 Å². The quantitative estimate of drug-likeness (QED) is 0.590. The van der Waals surface area contributed by atoms with E-state index in [1.54, 1.807) is 13.8 Å². The fourth-order valence-electron chi connectivity index (χ4n) is 2.37. The average Bonchev–Trinajstić information content (AvgIpc) is 2.46. The van der Waals surface area contributed by atoms with Crippen molar-refractivity contribution in [3.8, 4) is 0 Å². The molecule has 0 spiro atoms. The van der Waals surface area contributed by atoms with Crippen LogP contribution in [0.4, 0.5) is 4.79 Å². The zero-order chi connectivity index (χ0) is 14.3. The van der Waals surface area contributed by atoms with Crippen LogP contribution in [0.1, 0.15) is 33.1 Å². The molecular formula is C12H19N3O4. The maximum absolute atomic E-state index is 11.9. The van der Waals surface area contributed by atoms with Gasteiger partial charge in [0.1, 0.15) is 12.1 Å². The van der Waals surface area contributed by atoms with Gasteiger partial charge in [-0.2, -0.15) is 0 Å². The van der Waals surface area contributed by atoms with Gasteiger partial charge in [-0.15, -0.1) is 0 Å². The molecule has 106 valence electrons. The number of carbonyl (C=O) groups excluding carboxylic acids is 3. The zero-order valence-corrected chi connectivity index (χ0v) is 11.2. The largest absolute Gasteiger partial charge is 0.394 e. The minimum absolute atomic E-state index is 0.121. The molecule has 0 aromatic heterocycles. The van der Waals surface area contributed by atoms with E-state index in [2.05, 4.69) is 10.6 Å². The SMILES string of the molecule is CC1(C)NC(=O)N(CC(=O)NC2(CO)CCC2)C1=O. The Morgan fingerprint density at radius 1 is 1.42 bits per heavy atom. The molecule has 7 nitrogen and oxygen atoms in total. The first kappa shape index (κ1) is 13.8. The summed E-state index contributed by atoms with van der Waals surface area (Å²) >= 11 is 0. The van der Waals surface area contributed by atoms with Gasteiger partial charge in [-0.25, -0.2) is 4.79 Å². The summed E-state index contributed by atoms with van der Waals surface area (Å²) in [5, 5.41) is 14.5. The summed E-state index contributed by atoms with van der Waals surface area (Å²) in [5.74, 6) is -0.839. The molecule has 1 saturated heterocycles.